The Hall–Kier alpha value is -0.570. The lowest BCUT2D eigenvalue weighted by Gasteiger charge is -2.31. The second-order valence-corrected chi connectivity index (χ2v) is 3.57. The predicted molar refractivity (Wildman–Crippen MR) is 48.6 cm³/mol. The zero-order valence-corrected chi connectivity index (χ0v) is 7.68. The molecular formula is C9H18N2O. The number of hydrogen-bond acceptors (Lipinski definition) is 2. The Morgan fingerprint density at radius 2 is 2.25 bits per heavy atom. The van der Waals surface area contributed by atoms with Crippen molar-refractivity contribution in [2.45, 2.75) is 38.6 Å². The van der Waals surface area contributed by atoms with E-state index in [2.05, 4.69) is 12.2 Å². The van der Waals surface area contributed by atoms with E-state index in [1.165, 1.54) is 0 Å². The van der Waals surface area contributed by atoms with Crippen LogP contribution >= 0.6 is 0 Å². The van der Waals surface area contributed by atoms with Crippen molar-refractivity contribution in [3.8, 4) is 0 Å². The Balaban J connectivity index is 2.04. The molecule has 0 saturated heterocycles. The second-order valence-electron chi connectivity index (χ2n) is 3.57. The summed E-state index contributed by atoms with van der Waals surface area (Å²) in [5.74, 6) is 0.405. The van der Waals surface area contributed by atoms with Crippen LogP contribution in [0.5, 0.6) is 0 Å². The van der Waals surface area contributed by atoms with E-state index in [9.17, 15) is 4.79 Å². The van der Waals surface area contributed by atoms with Crippen LogP contribution in [-0.4, -0.2) is 18.5 Å². The van der Waals surface area contributed by atoms with Gasteiger partial charge in [0.1, 0.15) is 0 Å². The topological polar surface area (TPSA) is 55.1 Å². The average molecular weight is 170 g/mol. The van der Waals surface area contributed by atoms with Gasteiger partial charge < -0.3 is 11.1 Å². The zero-order chi connectivity index (χ0) is 8.97. The highest BCUT2D eigenvalue weighted by Crippen LogP contribution is 2.25. The first-order valence-electron chi connectivity index (χ1n) is 4.77. The monoisotopic (exact) mass is 170 g/mol. The average Bonchev–Trinajstić information content (AvgIpc) is 1.99. The fraction of sp³-hybridized carbons (Fsp3) is 0.889. The normalized spacial score (nSPS) is 27.8. The summed E-state index contributed by atoms with van der Waals surface area (Å²) in [6, 6.07) is 0.270. The summed E-state index contributed by atoms with van der Waals surface area (Å²) in [5.41, 5.74) is 5.58. The van der Waals surface area contributed by atoms with Gasteiger partial charge in [0.05, 0.1) is 0 Å². The van der Waals surface area contributed by atoms with Crippen molar-refractivity contribution in [2.75, 3.05) is 6.54 Å². The maximum absolute atomic E-state index is 11.3. The molecule has 0 aliphatic heterocycles. The van der Waals surface area contributed by atoms with Crippen LogP contribution in [0.1, 0.15) is 32.6 Å². The number of hydrogen-bond donors (Lipinski definition) is 2. The minimum Gasteiger partial charge on any atom is -0.356 e. The Bertz CT molecular complexity index is 153. The highest BCUT2D eigenvalue weighted by atomic mass is 16.1. The highest BCUT2D eigenvalue weighted by Gasteiger charge is 2.31. The van der Waals surface area contributed by atoms with Crippen molar-refractivity contribution < 1.29 is 4.79 Å². The molecule has 3 nitrogen and oxygen atoms in total. The van der Waals surface area contributed by atoms with Gasteiger partial charge in [-0.3, -0.25) is 4.79 Å². The molecule has 0 unspecified atom stereocenters. The molecule has 3 N–H and O–H groups in total. The van der Waals surface area contributed by atoms with E-state index in [1.807, 2.05) is 0 Å². The molecule has 0 radical (unpaired) electrons. The molecule has 0 aromatic rings. The molecular weight excluding hydrogens is 152 g/mol. The van der Waals surface area contributed by atoms with Gasteiger partial charge in [-0.15, -0.1) is 0 Å². The van der Waals surface area contributed by atoms with Gasteiger partial charge in [0.25, 0.3) is 0 Å². The Morgan fingerprint density at radius 3 is 2.75 bits per heavy atom. The van der Waals surface area contributed by atoms with E-state index in [0.717, 1.165) is 32.2 Å². The largest absolute Gasteiger partial charge is 0.356 e. The van der Waals surface area contributed by atoms with Crippen molar-refractivity contribution in [1.29, 1.82) is 0 Å². The van der Waals surface area contributed by atoms with Crippen molar-refractivity contribution in [1.82, 2.24) is 5.32 Å². The molecule has 1 amide bonds. The van der Waals surface area contributed by atoms with Crippen LogP contribution in [-0.2, 0) is 4.79 Å². The molecule has 1 aliphatic rings. The Morgan fingerprint density at radius 1 is 1.58 bits per heavy atom. The predicted octanol–water partition coefficient (Wildman–Crippen LogP) is 0.640. The molecule has 1 fully saturated rings. The summed E-state index contributed by atoms with van der Waals surface area (Å²) < 4.78 is 0. The minimum absolute atomic E-state index is 0.199. The first-order valence-corrected chi connectivity index (χ1v) is 4.77. The number of amides is 1. The summed E-state index contributed by atoms with van der Waals surface area (Å²) in [4.78, 5) is 11.3. The van der Waals surface area contributed by atoms with Crippen LogP contribution in [0.3, 0.4) is 0 Å². The van der Waals surface area contributed by atoms with Gasteiger partial charge in [-0.05, 0) is 19.3 Å². The number of rotatable bonds is 4. The first-order chi connectivity index (χ1) is 5.74. The molecule has 1 saturated carbocycles. The number of carbonyl (C=O) groups is 1. The van der Waals surface area contributed by atoms with E-state index in [-0.39, 0.29) is 17.9 Å². The number of nitrogens with two attached hydrogens (primary N) is 1. The molecule has 0 heterocycles. The molecule has 0 bridgehead atoms. The lowest BCUT2D eigenvalue weighted by atomic mass is 9.80. The second kappa shape index (κ2) is 4.45. The smallest absolute Gasteiger partial charge is 0.223 e. The summed E-state index contributed by atoms with van der Waals surface area (Å²) >= 11 is 0. The fourth-order valence-corrected chi connectivity index (χ4v) is 1.41. The Labute approximate surface area is 73.7 Å². The molecule has 0 spiro atoms. The minimum atomic E-state index is 0.199. The SMILES string of the molecule is CCCCNC(=O)C1CC(N)C1. The van der Waals surface area contributed by atoms with Gasteiger partial charge in [0, 0.05) is 18.5 Å². The standard InChI is InChI=1S/C9H18N2O/c1-2-3-4-11-9(12)7-5-8(10)6-7/h7-8H,2-6,10H2,1H3,(H,11,12). The fourth-order valence-electron chi connectivity index (χ4n) is 1.41. The lowest BCUT2D eigenvalue weighted by molar-refractivity contribution is -0.127. The molecule has 12 heavy (non-hydrogen) atoms. The van der Waals surface area contributed by atoms with Crippen LogP contribution in [0.4, 0.5) is 0 Å². The third-order valence-corrected chi connectivity index (χ3v) is 2.37. The summed E-state index contributed by atoms with van der Waals surface area (Å²) in [5, 5.41) is 2.91. The maximum atomic E-state index is 11.3. The number of unbranched alkanes of at least 4 members (excludes halogenated alkanes) is 1. The summed E-state index contributed by atoms with van der Waals surface area (Å²) in [6.45, 7) is 2.94. The summed E-state index contributed by atoms with van der Waals surface area (Å²) in [7, 11) is 0. The number of nitrogens with one attached hydrogen (secondary N) is 1. The van der Waals surface area contributed by atoms with Crippen LogP contribution in [0.25, 0.3) is 0 Å². The highest BCUT2D eigenvalue weighted by molar-refractivity contribution is 5.79. The first kappa shape index (κ1) is 9.52. The van der Waals surface area contributed by atoms with Gasteiger partial charge >= 0.3 is 0 Å². The molecule has 1 rings (SSSR count). The van der Waals surface area contributed by atoms with Crippen LogP contribution < -0.4 is 11.1 Å². The van der Waals surface area contributed by atoms with Crippen LogP contribution in [0.2, 0.25) is 0 Å². The van der Waals surface area contributed by atoms with E-state index < -0.39 is 0 Å². The van der Waals surface area contributed by atoms with Crippen molar-refractivity contribution in [3.63, 3.8) is 0 Å². The van der Waals surface area contributed by atoms with Gasteiger partial charge in [-0.1, -0.05) is 13.3 Å². The van der Waals surface area contributed by atoms with E-state index >= 15 is 0 Å². The Kier molecular flexibility index (Phi) is 3.53. The van der Waals surface area contributed by atoms with Gasteiger partial charge in [0.15, 0.2) is 0 Å². The van der Waals surface area contributed by atoms with Crippen molar-refractivity contribution in [3.05, 3.63) is 0 Å². The zero-order valence-electron chi connectivity index (χ0n) is 7.68. The van der Waals surface area contributed by atoms with Gasteiger partial charge in [-0.2, -0.15) is 0 Å². The van der Waals surface area contributed by atoms with Gasteiger partial charge in [-0.25, -0.2) is 0 Å². The third kappa shape index (κ3) is 2.48. The molecule has 0 atom stereocenters. The number of carbonyl (C=O) groups excluding carboxylic acids is 1. The molecule has 70 valence electrons. The third-order valence-electron chi connectivity index (χ3n) is 2.37. The summed E-state index contributed by atoms with van der Waals surface area (Å²) in [6.07, 6.45) is 3.95. The molecule has 1 aliphatic carbocycles. The molecule has 3 heteroatoms. The van der Waals surface area contributed by atoms with Gasteiger partial charge in [0.2, 0.25) is 5.91 Å². The van der Waals surface area contributed by atoms with Crippen LogP contribution in [0.15, 0.2) is 0 Å². The molecule has 0 aromatic heterocycles. The lowest BCUT2D eigenvalue weighted by Crippen LogP contribution is -2.45. The quantitative estimate of drug-likeness (QED) is 0.608. The molecule has 0 aromatic carbocycles. The maximum Gasteiger partial charge on any atom is 0.223 e. The van der Waals surface area contributed by atoms with Crippen LogP contribution in [0, 0.1) is 5.92 Å². The van der Waals surface area contributed by atoms with E-state index in [4.69, 9.17) is 5.73 Å². The van der Waals surface area contributed by atoms with E-state index in [0.29, 0.717) is 0 Å². The van der Waals surface area contributed by atoms with E-state index in [1.54, 1.807) is 0 Å². The van der Waals surface area contributed by atoms with Crippen molar-refractivity contribution in [2.24, 2.45) is 11.7 Å². The van der Waals surface area contributed by atoms with Crippen molar-refractivity contribution >= 4 is 5.91 Å².